The van der Waals surface area contributed by atoms with Gasteiger partial charge in [0.2, 0.25) is 0 Å². The standard InChI is InChI=1S/C13H7BrF2N2O3/c14-11-2-1-7(3-12(11)18(20)21)13(19)17-10-5-8(15)4-9(16)6-10/h1-6H,(H,17,19). The SMILES string of the molecule is O=C(Nc1cc(F)cc(F)c1)c1ccc(Br)c([N+](=O)[O-])c1. The van der Waals surface area contributed by atoms with Crippen LogP contribution in [-0.4, -0.2) is 10.8 Å². The molecule has 1 N–H and O–H groups in total. The van der Waals surface area contributed by atoms with Crippen LogP contribution in [0.5, 0.6) is 0 Å². The maximum atomic E-state index is 13.0. The van der Waals surface area contributed by atoms with Crippen LogP contribution in [0.4, 0.5) is 20.2 Å². The number of nitro benzene ring substituents is 1. The summed E-state index contributed by atoms with van der Waals surface area (Å²) in [5.74, 6) is -2.39. The third kappa shape index (κ3) is 3.60. The van der Waals surface area contributed by atoms with Crippen molar-refractivity contribution < 1.29 is 18.5 Å². The minimum absolute atomic E-state index is 0.00503. The predicted octanol–water partition coefficient (Wildman–Crippen LogP) is 3.89. The third-order valence-electron chi connectivity index (χ3n) is 2.53. The number of carbonyl (C=O) groups is 1. The molecule has 2 rings (SSSR count). The summed E-state index contributed by atoms with van der Waals surface area (Å²) in [6, 6.07) is 6.30. The summed E-state index contributed by atoms with van der Waals surface area (Å²) in [4.78, 5) is 22.1. The monoisotopic (exact) mass is 356 g/mol. The first-order valence-electron chi connectivity index (χ1n) is 5.58. The van der Waals surface area contributed by atoms with E-state index in [0.717, 1.165) is 18.2 Å². The van der Waals surface area contributed by atoms with Crippen LogP contribution in [0.15, 0.2) is 40.9 Å². The van der Waals surface area contributed by atoms with Crippen molar-refractivity contribution in [1.29, 1.82) is 0 Å². The number of amides is 1. The van der Waals surface area contributed by atoms with Crippen LogP contribution in [0.1, 0.15) is 10.4 Å². The molecule has 2 aromatic rings. The Hall–Kier alpha value is -2.35. The summed E-state index contributed by atoms with van der Waals surface area (Å²) in [6.45, 7) is 0. The highest BCUT2D eigenvalue weighted by Crippen LogP contribution is 2.26. The van der Waals surface area contributed by atoms with Crippen LogP contribution < -0.4 is 5.32 Å². The van der Waals surface area contributed by atoms with Crippen LogP contribution >= 0.6 is 15.9 Å². The zero-order valence-corrected chi connectivity index (χ0v) is 11.9. The van der Waals surface area contributed by atoms with Gasteiger partial charge < -0.3 is 5.32 Å². The van der Waals surface area contributed by atoms with Gasteiger partial charge >= 0.3 is 0 Å². The summed E-state index contributed by atoms with van der Waals surface area (Å²) in [6.07, 6.45) is 0. The maximum Gasteiger partial charge on any atom is 0.284 e. The van der Waals surface area contributed by atoms with E-state index in [1.807, 2.05) is 0 Å². The molecule has 108 valence electrons. The lowest BCUT2D eigenvalue weighted by Gasteiger charge is -2.06. The van der Waals surface area contributed by atoms with Gasteiger partial charge in [-0.2, -0.15) is 0 Å². The average Bonchev–Trinajstić information content (AvgIpc) is 2.37. The molecule has 0 saturated carbocycles. The van der Waals surface area contributed by atoms with E-state index in [4.69, 9.17) is 0 Å². The number of hydrogen-bond donors (Lipinski definition) is 1. The summed E-state index contributed by atoms with van der Waals surface area (Å²) in [5, 5.41) is 13.1. The number of rotatable bonds is 3. The second kappa shape index (κ2) is 5.96. The highest BCUT2D eigenvalue weighted by Gasteiger charge is 2.16. The third-order valence-corrected chi connectivity index (χ3v) is 3.20. The second-order valence-corrected chi connectivity index (χ2v) is 4.89. The van der Waals surface area contributed by atoms with Crippen molar-refractivity contribution in [3.63, 3.8) is 0 Å². The molecule has 0 spiro atoms. The van der Waals surface area contributed by atoms with Crippen molar-refractivity contribution in [2.24, 2.45) is 0 Å². The number of nitrogens with zero attached hydrogens (tertiary/aromatic N) is 1. The summed E-state index contributed by atoms with van der Waals surface area (Å²) >= 11 is 2.99. The Morgan fingerprint density at radius 1 is 1.14 bits per heavy atom. The summed E-state index contributed by atoms with van der Waals surface area (Å²) in [7, 11) is 0. The molecule has 0 fully saturated rings. The van der Waals surface area contributed by atoms with Crippen molar-refractivity contribution in [1.82, 2.24) is 0 Å². The first-order valence-corrected chi connectivity index (χ1v) is 6.37. The number of benzene rings is 2. The number of hydrogen-bond acceptors (Lipinski definition) is 3. The number of carbonyl (C=O) groups excluding carboxylic acids is 1. The van der Waals surface area contributed by atoms with Crippen molar-refractivity contribution in [3.8, 4) is 0 Å². The molecule has 0 heterocycles. The second-order valence-electron chi connectivity index (χ2n) is 4.04. The molecule has 1 amide bonds. The number of nitrogens with one attached hydrogen (secondary N) is 1. The van der Waals surface area contributed by atoms with Gasteiger partial charge in [-0.25, -0.2) is 8.78 Å². The fourth-order valence-electron chi connectivity index (χ4n) is 1.62. The normalized spacial score (nSPS) is 10.2. The molecule has 21 heavy (non-hydrogen) atoms. The van der Waals surface area contributed by atoms with E-state index in [-0.39, 0.29) is 21.4 Å². The molecule has 0 radical (unpaired) electrons. The molecule has 0 unspecified atom stereocenters. The Kier molecular flexibility index (Phi) is 4.27. The van der Waals surface area contributed by atoms with E-state index in [1.54, 1.807) is 0 Å². The molecule has 8 heteroatoms. The molecule has 0 bridgehead atoms. The molecule has 5 nitrogen and oxygen atoms in total. The van der Waals surface area contributed by atoms with Crippen LogP contribution in [0.2, 0.25) is 0 Å². The Labute approximate surface area is 125 Å². The lowest BCUT2D eigenvalue weighted by Crippen LogP contribution is -2.12. The van der Waals surface area contributed by atoms with Gasteiger partial charge in [0.1, 0.15) is 11.6 Å². The van der Waals surface area contributed by atoms with Gasteiger partial charge in [0.05, 0.1) is 9.40 Å². The average molecular weight is 357 g/mol. The number of anilines is 1. The molecule has 0 saturated heterocycles. The fourth-order valence-corrected chi connectivity index (χ4v) is 2.01. The first kappa shape index (κ1) is 15.0. The first-order chi connectivity index (χ1) is 9.86. The molecule has 0 aliphatic heterocycles. The van der Waals surface area contributed by atoms with Crippen LogP contribution in [0.3, 0.4) is 0 Å². The van der Waals surface area contributed by atoms with E-state index in [2.05, 4.69) is 21.2 Å². The molecule has 0 atom stereocenters. The van der Waals surface area contributed by atoms with Crippen LogP contribution in [0, 0.1) is 21.7 Å². The minimum atomic E-state index is -0.841. The maximum absolute atomic E-state index is 13.0. The molecule has 2 aromatic carbocycles. The minimum Gasteiger partial charge on any atom is -0.322 e. The van der Waals surface area contributed by atoms with E-state index in [1.165, 1.54) is 12.1 Å². The van der Waals surface area contributed by atoms with Crippen LogP contribution in [-0.2, 0) is 0 Å². The van der Waals surface area contributed by atoms with Gasteiger partial charge in [-0.3, -0.25) is 14.9 Å². The van der Waals surface area contributed by atoms with E-state index >= 15 is 0 Å². The molecule has 0 aliphatic carbocycles. The Bertz CT molecular complexity index is 717. The predicted molar refractivity (Wildman–Crippen MR) is 75.1 cm³/mol. The zero-order chi connectivity index (χ0) is 15.6. The Morgan fingerprint density at radius 3 is 2.33 bits per heavy atom. The summed E-state index contributed by atoms with van der Waals surface area (Å²) in [5.41, 5.74) is -0.370. The van der Waals surface area contributed by atoms with Gasteiger partial charge in [-0.1, -0.05) is 0 Å². The van der Waals surface area contributed by atoms with Gasteiger partial charge in [-0.15, -0.1) is 0 Å². The Morgan fingerprint density at radius 2 is 1.76 bits per heavy atom. The smallest absolute Gasteiger partial charge is 0.284 e. The van der Waals surface area contributed by atoms with Crippen molar-refractivity contribution >= 4 is 33.2 Å². The topological polar surface area (TPSA) is 72.2 Å². The van der Waals surface area contributed by atoms with E-state index in [0.29, 0.717) is 6.07 Å². The Balaban J connectivity index is 2.28. The molecule has 0 aromatic heterocycles. The van der Waals surface area contributed by atoms with Crippen molar-refractivity contribution in [2.45, 2.75) is 0 Å². The quantitative estimate of drug-likeness (QED) is 0.669. The lowest BCUT2D eigenvalue weighted by atomic mass is 10.2. The van der Waals surface area contributed by atoms with Gasteiger partial charge in [0.25, 0.3) is 11.6 Å². The zero-order valence-electron chi connectivity index (χ0n) is 10.3. The van der Waals surface area contributed by atoms with E-state index in [9.17, 15) is 23.7 Å². The molecule has 0 aliphatic rings. The lowest BCUT2D eigenvalue weighted by molar-refractivity contribution is -0.385. The van der Waals surface area contributed by atoms with Crippen molar-refractivity contribution in [3.05, 3.63) is 68.2 Å². The summed E-state index contributed by atoms with van der Waals surface area (Å²) < 4.78 is 26.3. The number of halogens is 3. The largest absolute Gasteiger partial charge is 0.322 e. The highest BCUT2D eigenvalue weighted by molar-refractivity contribution is 9.10. The highest BCUT2D eigenvalue weighted by atomic mass is 79.9. The van der Waals surface area contributed by atoms with Crippen molar-refractivity contribution in [2.75, 3.05) is 5.32 Å². The van der Waals surface area contributed by atoms with E-state index < -0.39 is 22.5 Å². The molecular weight excluding hydrogens is 350 g/mol. The van der Waals surface area contributed by atoms with Crippen LogP contribution in [0.25, 0.3) is 0 Å². The molecular formula is C13H7BrF2N2O3. The van der Waals surface area contributed by atoms with Gasteiger partial charge in [0.15, 0.2) is 0 Å². The number of nitro groups is 1. The fraction of sp³-hybridized carbons (Fsp3) is 0. The van der Waals surface area contributed by atoms with Gasteiger partial charge in [0, 0.05) is 23.4 Å². The van der Waals surface area contributed by atoms with Gasteiger partial charge in [-0.05, 0) is 40.2 Å².